The average molecular weight is 322 g/mol. The smallest absolute Gasteiger partial charge is 0.335 e. The van der Waals surface area contributed by atoms with Crippen LogP contribution in [0.4, 0.5) is 5.82 Å². The van der Waals surface area contributed by atoms with Crippen LogP contribution in [0.3, 0.4) is 0 Å². The monoisotopic (exact) mass is 322 g/mol. The first-order chi connectivity index (χ1) is 11.6. The molecule has 5 nitrogen and oxygen atoms in total. The third kappa shape index (κ3) is 3.63. The molecule has 0 spiro atoms. The van der Waals surface area contributed by atoms with Gasteiger partial charge in [0.05, 0.1) is 12.1 Å². The van der Waals surface area contributed by atoms with Crippen molar-refractivity contribution in [3.63, 3.8) is 0 Å². The van der Waals surface area contributed by atoms with Crippen molar-refractivity contribution in [3.05, 3.63) is 66.4 Å². The van der Waals surface area contributed by atoms with Gasteiger partial charge in [-0.15, -0.1) is 0 Å². The van der Waals surface area contributed by atoms with Gasteiger partial charge in [0.1, 0.15) is 18.2 Å². The molecule has 0 saturated carbocycles. The minimum atomic E-state index is -0.921. The van der Waals surface area contributed by atoms with Gasteiger partial charge in [-0.1, -0.05) is 18.2 Å². The van der Waals surface area contributed by atoms with E-state index in [1.54, 1.807) is 24.4 Å². The van der Waals surface area contributed by atoms with Crippen LogP contribution in [0.2, 0.25) is 0 Å². The molecule has 122 valence electrons. The first kappa shape index (κ1) is 15.8. The lowest BCUT2D eigenvalue weighted by Crippen LogP contribution is -2.24. The highest BCUT2D eigenvalue weighted by Gasteiger charge is 2.05. The van der Waals surface area contributed by atoms with Crippen LogP contribution in [0.25, 0.3) is 10.8 Å². The fourth-order valence-corrected chi connectivity index (χ4v) is 2.44. The van der Waals surface area contributed by atoms with Gasteiger partial charge in [-0.05, 0) is 47.2 Å². The molecule has 0 aliphatic carbocycles. The number of nitrogens with zero attached hydrogens (tertiary/aromatic N) is 2. The number of aromatic nitrogens is 1. The molecule has 0 radical (unpaired) electrons. The van der Waals surface area contributed by atoms with Gasteiger partial charge in [-0.3, -0.25) is 0 Å². The van der Waals surface area contributed by atoms with E-state index in [0.717, 1.165) is 22.3 Å². The minimum Gasteiger partial charge on any atom is -0.492 e. The molecule has 0 fully saturated rings. The summed E-state index contributed by atoms with van der Waals surface area (Å²) in [4.78, 5) is 17.3. The largest absolute Gasteiger partial charge is 0.492 e. The van der Waals surface area contributed by atoms with Crippen molar-refractivity contribution in [2.24, 2.45) is 0 Å². The van der Waals surface area contributed by atoms with E-state index in [-0.39, 0.29) is 5.56 Å². The number of anilines is 1. The highest BCUT2D eigenvalue weighted by molar-refractivity contribution is 5.94. The number of aromatic carboxylic acids is 1. The summed E-state index contributed by atoms with van der Waals surface area (Å²) in [6.07, 6.45) is 1.77. The maximum Gasteiger partial charge on any atom is 0.335 e. The minimum absolute atomic E-state index is 0.285. The number of fused-ring (bicyclic) bond motifs is 1. The van der Waals surface area contributed by atoms with Crippen molar-refractivity contribution in [2.75, 3.05) is 25.1 Å². The number of carboxylic acid groups (broad SMARTS) is 1. The Labute approximate surface area is 140 Å². The number of hydrogen-bond acceptors (Lipinski definition) is 4. The van der Waals surface area contributed by atoms with Crippen molar-refractivity contribution in [1.82, 2.24) is 4.98 Å². The normalized spacial score (nSPS) is 10.5. The van der Waals surface area contributed by atoms with Crippen molar-refractivity contribution in [1.29, 1.82) is 0 Å². The number of carboxylic acids is 1. The van der Waals surface area contributed by atoms with Crippen molar-refractivity contribution in [2.45, 2.75) is 0 Å². The topological polar surface area (TPSA) is 62.7 Å². The molecule has 0 bridgehead atoms. The van der Waals surface area contributed by atoms with Crippen LogP contribution in [0.1, 0.15) is 10.4 Å². The number of pyridine rings is 1. The number of carbonyl (C=O) groups is 1. The standard InChI is InChI=1S/C19H18N2O3/c1-21(18-4-2-3-9-20-18)10-11-24-17-8-7-14-12-16(19(22)23)6-5-15(14)13-17/h2-9,12-13H,10-11H2,1H3,(H,22,23). The quantitative estimate of drug-likeness (QED) is 0.753. The van der Waals surface area contributed by atoms with Crippen LogP contribution in [0.5, 0.6) is 5.75 Å². The van der Waals surface area contributed by atoms with E-state index in [1.807, 2.05) is 48.3 Å². The molecule has 1 N–H and O–H groups in total. The molecule has 0 aliphatic rings. The molecular formula is C19H18N2O3. The Hall–Kier alpha value is -3.08. The highest BCUT2D eigenvalue weighted by Crippen LogP contribution is 2.22. The van der Waals surface area contributed by atoms with E-state index < -0.39 is 5.97 Å². The highest BCUT2D eigenvalue weighted by atomic mass is 16.5. The molecule has 0 unspecified atom stereocenters. The summed E-state index contributed by atoms with van der Waals surface area (Å²) in [7, 11) is 1.97. The van der Waals surface area contributed by atoms with Crippen molar-refractivity contribution >= 4 is 22.6 Å². The fourth-order valence-electron chi connectivity index (χ4n) is 2.44. The third-order valence-electron chi connectivity index (χ3n) is 3.79. The second-order valence-electron chi connectivity index (χ2n) is 5.49. The van der Waals surface area contributed by atoms with E-state index in [0.29, 0.717) is 13.2 Å². The van der Waals surface area contributed by atoms with E-state index in [4.69, 9.17) is 9.84 Å². The maximum absolute atomic E-state index is 11.0. The molecule has 2 aromatic carbocycles. The number of ether oxygens (including phenoxy) is 1. The predicted octanol–water partition coefficient (Wildman–Crippen LogP) is 3.45. The van der Waals surface area contributed by atoms with Crippen LogP contribution in [-0.2, 0) is 0 Å². The number of rotatable bonds is 6. The van der Waals surface area contributed by atoms with Gasteiger partial charge in [0.2, 0.25) is 0 Å². The first-order valence-electron chi connectivity index (χ1n) is 7.65. The van der Waals surface area contributed by atoms with Gasteiger partial charge < -0.3 is 14.7 Å². The Morgan fingerprint density at radius 2 is 1.92 bits per heavy atom. The van der Waals surface area contributed by atoms with Crippen LogP contribution in [0.15, 0.2) is 60.8 Å². The fraction of sp³-hybridized carbons (Fsp3) is 0.158. The Balaban J connectivity index is 1.63. The van der Waals surface area contributed by atoms with Crippen LogP contribution >= 0.6 is 0 Å². The van der Waals surface area contributed by atoms with E-state index >= 15 is 0 Å². The lowest BCUT2D eigenvalue weighted by Gasteiger charge is -2.18. The van der Waals surface area contributed by atoms with Gasteiger partial charge in [-0.2, -0.15) is 0 Å². The molecular weight excluding hydrogens is 304 g/mol. The summed E-state index contributed by atoms with van der Waals surface area (Å²) in [5.74, 6) is 0.746. The summed E-state index contributed by atoms with van der Waals surface area (Å²) < 4.78 is 5.80. The van der Waals surface area contributed by atoms with Crippen LogP contribution in [0, 0.1) is 0 Å². The van der Waals surface area contributed by atoms with Crippen molar-refractivity contribution in [3.8, 4) is 5.75 Å². The summed E-state index contributed by atoms with van der Waals surface area (Å²) in [6.45, 7) is 1.25. The SMILES string of the molecule is CN(CCOc1ccc2cc(C(=O)O)ccc2c1)c1ccccn1. The van der Waals surface area contributed by atoms with Crippen LogP contribution < -0.4 is 9.64 Å². The molecule has 3 aromatic rings. The molecule has 1 aromatic heterocycles. The summed E-state index contributed by atoms with van der Waals surface area (Å²) >= 11 is 0. The Bertz CT molecular complexity index is 850. The Morgan fingerprint density at radius 3 is 2.67 bits per heavy atom. The van der Waals surface area contributed by atoms with Crippen molar-refractivity contribution < 1.29 is 14.6 Å². The molecule has 5 heteroatoms. The number of likely N-dealkylation sites (N-methyl/N-ethyl adjacent to an activating group) is 1. The van der Waals surface area contributed by atoms with E-state index in [9.17, 15) is 4.79 Å². The average Bonchev–Trinajstić information content (AvgIpc) is 2.61. The molecule has 0 aliphatic heterocycles. The zero-order chi connectivity index (χ0) is 16.9. The third-order valence-corrected chi connectivity index (χ3v) is 3.79. The lowest BCUT2D eigenvalue weighted by molar-refractivity contribution is 0.0697. The molecule has 0 amide bonds. The Morgan fingerprint density at radius 1 is 1.12 bits per heavy atom. The predicted molar refractivity (Wildman–Crippen MR) is 93.9 cm³/mol. The van der Waals surface area contributed by atoms with Crippen LogP contribution in [-0.4, -0.2) is 36.3 Å². The second kappa shape index (κ2) is 7.00. The summed E-state index contributed by atoms with van der Waals surface area (Å²) in [6, 6.07) is 16.5. The lowest BCUT2D eigenvalue weighted by atomic mass is 10.1. The molecule has 1 heterocycles. The number of hydrogen-bond donors (Lipinski definition) is 1. The molecule has 3 rings (SSSR count). The summed E-state index contributed by atoms with van der Waals surface area (Å²) in [5, 5.41) is 10.9. The number of benzene rings is 2. The van der Waals surface area contributed by atoms with E-state index in [1.165, 1.54) is 0 Å². The van der Waals surface area contributed by atoms with Gasteiger partial charge >= 0.3 is 5.97 Å². The zero-order valence-electron chi connectivity index (χ0n) is 13.3. The molecule has 0 saturated heterocycles. The molecule has 24 heavy (non-hydrogen) atoms. The summed E-state index contributed by atoms with van der Waals surface area (Å²) in [5.41, 5.74) is 0.285. The maximum atomic E-state index is 11.0. The van der Waals surface area contributed by atoms with Gasteiger partial charge in [0.15, 0.2) is 0 Å². The van der Waals surface area contributed by atoms with Gasteiger partial charge in [-0.25, -0.2) is 9.78 Å². The second-order valence-corrected chi connectivity index (χ2v) is 5.49. The van der Waals surface area contributed by atoms with Gasteiger partial charge in [0.25, 0.3) is 0 Å². The Kier molecular flexibility index (Phi) is 4.61. The first-order valence-corrected chi connectivity index (χ1v) is 7.65. The molecule has 0 atom stereocenters. The zero-order valence-corrected chi connectivity index (χ0v) is 13.3. The van der Waals surface area contributed by atoms with E-state index in [2.05, 4.69) is 4.98 Å². The van der Waals surface area contributed by atoms with Gasteiger partial charge in [0, 0.05) is 13.2 Å².